The second kappa shape index (κ2) is 5.44. The number of hydrogen-bond acceptors (Lipinski definition) is 3. The molecule has 0 unspecified atom stereocenters. The van der Waals surface area contributed by atoms with Gasteiger partial charge in [-0.1, -0.05) is 37.2 Å². The second-order valence-electron chi connectivity index (χ2n) is 4.07. The zero-order chi connectivity index (χ0) is 13.1. The van der Waals surface area contributed by atoms with Crippen LogP contribution in [-0.4, -0.2) is 9.78 Å². The molecule has 1 heterocycles. The molecule has 0 fully saturated rings. The highest BCUT2D eigenvalue weighted by Gasteiger charge is 2.15. The minimum atomic E-state index is -0.236. The number of hydrogen-bond donors (Lipinski definition) is 1. The number of aryl methyl sites for hydroxylation is 2. The van der Waals surface area contributed by atoms with Crippen LogP contribution in [0.3, 0.4) is 0 Å². The second-order valence-corrected chi connectivity index (χ2v) is 5.10. The van der Waals surface area contributed by atoms with Crippen molar-refractivity contribution in [3.8, 4) is 0 Å². The highest BCUT2D eigenvalue weighted by atomic mass is 32.2. The third-order valence-corrected chi connectivity index (χ3v) is 3.86. The summed E-state index contributed by atoms with van der Waals surface area (Å²) in [5.74, 6) is -0.236. The number of anilines is 1. The van der Waals surface area contributed by atoms with Gasteiger partial charge in [-0.25, -0.2) is 4.39 Å². The SMILES string of the molecule is CCCc1nn(C)c(Sc2ccccc2F)c1N. The van der Waals surface area contributed by atoms with E-state index in [1.807, 2.05) is 13.1 Å². The van der Waals surface area contributed by atoms with E-state index in [9.17, 15) is 4.39 Å². The normalized spacial score (nSPS) is 10.8. The number of aromatic nitrogens is 2. The molecule has 0 amide bonds. The van der Waals surface area contributed by atoms with E-state index in [0.717, 1.165) is 23.6 Å². The van der Waals surface area contributed by atoms with Gasteiger partial charge in [-0.05, 0) is 18.6 Å². The molecular weight excluding hydrogens is 249 g/mol. The molecule has 0 saturated carbocycles. The first-order chi connectivity index (χ1) is 8.63. The maximum atomic E-state index is 13.6. The van der Waals surface area contributed by atoms with Crippen LogP contribution in [0.4, 0.5) is 10.1 Å². The first-order valence-electron chi connectivity index (χ1n) is 5.87. The third-order valence-electron chi connectivity index (χ3n) is 2.64. The summed E-state index contributed by atoms with van der Waals surface area (Å²) in [7, 11) is 1.83. The van der Waals surface area contributed by atoms with Gasteiger partial charge in [0.15, 0.2) is 0 Å². The van der Waals surface area contributed by atoms with Gasteiger partial charge in [-0.2, -0.15) is 5.10 Å². The minimum Gasteiger partial charge on any atom is -0.395 e. The van der Waals surface area contributed by atoms with Crippen molar-refractivity contribution in [2.45, 2.75) is 29.7 Å². The van der Waals surface area contributed by atoms with Crippen LogP contribution < -0.4 is 5.73 Å². The highest BCUT2D eigenvalue weighted by Crippen LogP contribution is 2.34. The van der Waals surface area contributed by atoms with E-state index in [4.69, 9.17) is 5.73 Å². The molecule has 0 bridgehead atoms. The average Bonchev–Trinajstić information content (AvgIpc) is 2.60. The van der Waals surface area contributed by atoms with Gasteiger partial charge in [-0.3, -0.25) is 4.68 Å². The first kappa shape index (κ1) is 13.0. The van der Waals surface area contributed by atoms with Crippen LogP contribution in [0.1, 0.15) is 19.0 Å². The van der Waals surface area contributed by atoms with Crippen LogP contribution in [0.15, 0.2) is 34.2 Å². The molecule has 96 valence electrons. The summed E-state index contributed by atoms with van der Waals surface area (Å²) in [4.78, 5) is 0.565. The molecule has 2 rings (SSSR count). The van der Waals surface area contributed by atoms with Crippen LogP contribution in [0.5, 0.6) is 0 Å². The van der Waals surface area contributed by atoms with Crippen molar-refractivity contribution in [3.63, 3.8) is 0 Å². The van der Waals surface area contributed by atoms with E-state index in [1.165, 1.54) is 17.8 Å². The molecule has 0 aliphatic carbocycles. The largest absolute Gasteiger partial charge is 0.395 e. The number of nitrogens with two attached hydrogens (primary N) is 1. The number of nitrogen functional groups attached to an aromatic ring is 1. The van der Waals surface area contributed by atoms with Gasteiger partial charge < -0.3 is 5.73 Å². The molecule has 0 aliphatic heterocycles. The van der Waals surface area contributed by atoms with Gasteiger partial charge >= 0.3 is 0 Å². The lowest BCUT2D eigenvalue weighted by Crippen LogP contribution is -1.94. The van der Waals surface area contributed by atoms with E-state index in [1.54, 1.807) is 16.8 Å². The summed E-state index contributed by atoms with van der Waals surface area (Å²) in [6.45, 7) is 2.08. The first-order valence-corrected chi connectivity index (χ1v) is 6.68. The Balaban J connectivity index is 2.32. The molecule has 0 spiro atoms. The van der Waals surface area contributed by atoms with Crippen molar-refractivity contribution < 1.29 is 4.39 Å². The summed E-state index contributed by atoms with van der Waals surface area (Å²) in [5.41, 5.74) is 7.61. The van der Waals surface area contributed by atoms with Crippen LogP contribution in [0.25, 0.3) is 0 Å². The van der Waals surface area contributed by atoms with Crippen LogP contribution in [-0.2, 0) is 13.5 Å². The van der Waals surface area contributed by atoms with Gasteiger partial charge in [0.25, 0.3) is 0 Å². The molecule has 5 heteroatoms. The van der Waals surface area contributed by atoms with Crippen molar-refractivity contribution in [1.29, 1.82) is 0 Å². The Kier molecular flexibility index (Phi) is 3.91. The molecule has 0 aliphatic rings. The Labute approximate surface area is 110 Å². The summed E-state index contributed by atoms with van der Waals surface area (Å²) in [5, 5.41) is 5.17. The molecule has 18 heavy (non-hydrogen) atoms. The Morgan fingerprint density at radius 3 is 2.78 bits per heavy atom. The van der Waals surface area contributed by atoms with Crippen LogP contribution in [0.2, 0.25) is 0 Å². The Bertz CT molecular complexity index is 551. The van der Waals surface area contributed by atoms with Crippen molar-refractivity contribution >= 4 is 17.4 Å². The smallest absolute Gasteiger partial charge is 0.137 e. The number of rotatable bonds is 4. The van der Waals surface area contributed by atoms with Gasteiger partial charge in [0.05, 0.1) is 11.4 Å². The number of benzene rings is 1. The van der Waals surface area contributed by atoms with Gasteiger partial charge in [0, 0.05) is 11.9 Å². The lowest BCUT2D eigenvalue weighted by Gasteiger charge is -2.04. The quantitative estimate of drug-likeness (QED) is 0.923. The van der Waals surface area contributed by atoms with Gasteiger partial charge in [0.2, 0.25) is 0 Å². The molecule has 2 aromatic rings. The number of halogens is 1. The van der Waals surface area contributed by atoms with Crippen molar-refractivity contribution in [3.05, 3.63) is 35.8 Å². The van der Waals surface area contributed by atoms with E-state index >= 15 is 0 Å². The minimum absolute atomic E-state index is 0.236. The van der Waals surface area contributed by atoms with Crippen molar-refractivity contribution in [2.24, 2.45) is 7.05 Å². The predicted molar refractivity (Wildman–Crippen MR) is 72.1 cm³/mol. The van der Waals surface area contributed by atoms with Crippen LogP contribution >= 0.6 is 11.8 Å². The van der Waals surface area contributed by atoms with E-state index in [-0.39, 0.29) is 5.82 Å². The summed E-state index contributed by atoms with van der Waals surface area (Å²) in [6.07, 6.45) is 1.84. The van der Waals surface area contributed by atoms with Crippen LogP contribution in [0, 0.1) is 5.82 Å². The van der Waals surface area contributed by atoms with Gasteiger partial charge in [-0.15, -0.1) is 0 Å². The average molecular weight is 265 g/mol. The molecule has 0 radical (unpaired) electrons. The summed E-state index contributed by atoms with van der Waals surface area (Å²) >= 11 is 1.31. The summed E-state index contributed by atoms with van der Waals surface area (Å²) < 4.78 is 15.3. The molecule has 2 N–H and O–H groups in total. The van der Waals surface area contributed by atoms with Crippen molar-refractivity contribution in [1.82, 2.24) is 9.78 Å². The molecule has 1 aromatic carbocycles. The number of nitrogens with zero attached hydrogens (tertiary/aromatic N) is 2. The standard InChI is InChI=1S/C13H16FN3S/c1-3-6-10-12(15)13(17(2)16-10)18-11-8-5-4-7-9(11)14/h4-5,7-8H,3,6,15H2,1-2H3. The molecule has 0 atom stereocenters. The molecule has 0 saturated heterocycles. The predicted octanol–water partition coefficient (Wildman–Crippen LogP) is 3.25. The van der Waals surface area contributed by atoms with Gasteiger partial charge in [0.1, 0.15) is 10.8 Å². The third kappa shape index (κ3) is 2.51. The maximum absolute atomic E-state index is 13.6. The highest BCUT2D eigenvalue weighted by molar-refractivity contribution is 7.99. The monoisotopic (exact) mass is 265 g/mol. The van der Waals surface area contributed by atoms with Crippen molar-refractivity contribution in [2.75, 3.05) is 5.73 Å². The van der Waals surface area contributed by atoms with E-state index < -0.39 is 0 Å². The lowest BCUT2D eigenvalue weighted by molar-refractivity contribution is 0.601. The van der Waals surface area contributed by atoms with E-state index in [0.29, 0.717) is 10.6 Å². The lowest BCUT2D eigenvalue weighted by atomic mass is 10.2. The molecular formula is C13H16FN3S. The zero-order valence-electron chi connectivity index (χ0n) is 10.5. The molecule has 3 nitrogen and oxygen atoms in total. The summed E-state index contributed by atoms with van der Waals surface area (Å²) in [6, 6.07) is 6.67. The fourth-order valence-electron chi connectivity index (χ4n) is 1.75. The maximum Gasteiger partial charge on any atom is 0.137 e. The topological polar surface area (TPSA) is 43.8 Å². The fraction of sp³-hybridized carbons (Fsp3) is 0.308. The zero-order valence-corrected chi connectivity index (χ0v) is 11.3. The Morgan fingerprint density at radius 2 is 2.11 bits per heavy atom. The van der Waals surface area contributed by atoms with E-state index in [2.05, 4.69) is 12.0 Å². The molecule has 1 aromatic heterocycles. The Morgan fingerprint density at radius 1 is 1.39 bits per heavy atom. The fourth-order valence-corrected chi connectivity index (χ4v) is 2.67. The Hall–Kier alpha value is -1.49.